The van der Waals surface area contributed by atoms with Crippen molar-refractivity contribution >= 4 is 30.8 Å². The van der Waals surface area contributed by atoms with E-state index < -0.39 is 20.0 Å². The van der Waals surface area contributed by atoms with Gasteiger partial charge in [-0.2, -0.15) is 0 Å². The summed E-state index contributed by atoms with van der Waals surface area (Å²) in [7, 11) is -8.40. The summed E-state index contributed by atoms with van der Waals surface area (Å²) in [6.45, 7) is 0. The predicted octanol–water partition coefficient (Wildman–Crippen LogP) is 2.51. The molecule has 0 aliphatic carbocycles. The Morgan fingerprint density at radius 3 is 1.96 bits per heavy atom. The topological polar surface area (TPSA) is 80.3 Å². The molecule has 5 nitrogen and oxygen atoms in total. The van der Waals surface area contributed by atoms with E-state index in [0.717, 1.165) is 0 Å². The third-order valence-electron chi connectivity index (χ3n) is 3.31. The Kier molecular flexibility index (Phi) is 3.93. The molecule has 118 valence electrons. The van der Waals surface area contributed by atoms with Crippen LogP contribution in [0.25, 0.3) is 10.8 Å². The number of hydrogen-bond donors (Lipinski definition) is 1. The third-order valence-corrected chi connectivity index (χ3v) is 6.90. The lowest BCUT2D eigenvalue weighted by molar-refractivity contribution is 0.577. The third kappa shape index (κ3) is 3.12. The van der Waals surface area contributed by atoms with Crippen LogP contribution in [0.1, 0.15) is 0 Å². The minimum absolute atomic E-state index is 0.0740. The van der Waals surface area contributed by atoms with Crippen LogP contribution in [0.4, 0.5) is 0 Å². The highest BCUT2D eigenvalue weighted by Gasteiger charge is 2.25. The summed E-state index contributed by atoms with van der Waals surface area (Å²) in [5.74, 6) is 0. The summed E-state index contributed by atoms with van der Waals surface area (Å²) in [6.07, 6.45) is 0. The second kappa shape index (κ2) is 5.77. The van der Waals surface area contributed by atoms with Crippen LogP contribution in [0, 0.1) is 0 Å². The molecule has 3 aromatic carbocycles. The number of rotatable bonds is 4. The van der Waals surface area contributed by atoms with Gasteiger partial charge in [0.1, 0.15) is 0 Å². The van der Waals surface area contributed by atoms with Gasteiger partial charge in [0.05, 0.1) is 9.79 Å². The van der Waals surface area contributed by atoms with Gasteiger partial charge < -0.3 is 0 Å². The van der Waals surface area contributed by atoms with Crippen LogP contribution in [0.3, 0.4) is 0 Å². The molecule has 0 saturated carbocycles. The lowest BCUT2D eigenvalue weighted by atomic mass is 10.1. The summed E-state index contributed by atoms with van der Waals surface area (Å²) >= 11 is 0. The molecular weight excluding hydrogens is 334 g/mol. The fourth-order valence-electron chi connectivity index (χ4n) is 2.27. The van der Waals surface area contributed by atoms with Crippen LogP contribution in [-0.2, 0) is 20.0 Å². The van der Waals surface area contributed by atoms with E-state index in [1.165, 1.54) is 30.3 Å². The summed E-state index contributed by atoms with van der Waals surface area (Å²) < 4.78 is 51.4. The maximum atomic E-state index is 12.5. The van der Waals surface area contributed by atoms with Crippen LogP contribution in [0.15, 0.2) is 82.6 Å². The van der Waals surface area contributed by atoms with E-state index in [4.69, 9.17) is 0 Å². The number of hydrogen-bond acceptors (Lipinski definition) is 4. The molecule has 3 aromatic rings. The highest BCUT2D eigenvalue weighted by Crippen LogP contribution is 2.23. The zero-order chi connectivity index (χ0) is 16.5. The van der Waals surface area contributed by atoms with E-state index in [1.54, 1.807) is 46.6 Å². The predicted molar refractivity (Wildman–Crippen MR) is 87.9 cm³/mol. The summed E-state index contributed by atoms with van der Waals surface area (Å²) in [5, 5.41) is 1.18. The fraction of sp³-hybridized carbons (Fsp3) is 0. The number of fused-ring (bicyclic) bond motifs is 1. The first-order chi connectivity index (χ1) is 10.9. The first-order valence-corrected chi connectivity index (χ1v) is 9.68. The minimum atomic E-state index is -4.23. The van der Waals surface area contributed by atoms with Crippen molar-refractivity contribution in [3.8, 4) is 0 Å². The molecular formula is C16H13NO4S2. The average molecular weight is 347 g/mol. The maximum absolute atomic E-state index is 12.5. The summed E-state index contributed by atoms with van der Waals surface area (Å²) in [5.41, 5.74) is 0. The largest absolute Gasteiger partial charge is 0.254 e. The zero-order valence-electron chi connectivity index (χ0n) is 11.9. The van der Waals surface area contributed by atoms with Gasteiger partial charge in [-0.25, -0.2) is 16.8 Å². The minimum Gasteiger partial charge on any atom is -0.206 e. The standard InChI is InChI=1S/C16H13NO4S2/c18-22(19,14-9-2-1-3-10-14)17-23(20,21)16-12-6-8-13-7-4-5-11-15(13)16/h1-12,17H. The SMILES string of the molecule is O=S(=O)(NS(=O)(=O)c1cccc2ccccc12)c1ccccc1. The first-order valence-electron chi connectivity index (χ1n) is 6.72. The van der Waals surface area contributed by atoms with Crippen LogP contribution in [0.2, 0.25) is 0 Å². The van der Waals surface area contributed by atoms with Crippen molar-refractivity contribution in [2.24, 2.45) is 0 Å². The molecule has 0 aromatic heterocycles. The highest BCUT2D eigenvalue weighted by molar-refractivity contribution is 8.04. The molecule has 0 atom stereocenters. The molecule has 0 heterocycles. The van der Waals surface area contributed by atoms with Gasteiger partial charge in [0, 0.05) is 5.39 Å². The van der Waals surface area contributed by atoms with Crippen molar-refractivity contribution in [1.29, 1.82) is 0 Å². The second-order valence-corrected chi connectivity index (χ2v) is 8.47. The molecule has 0 amide bonds. The van der Waals surface area contributed by atoms with Gasteiger partial charge in [0.2, 0.25) is 0 Å². The van der Waals surface area contributed by atoms with Crippen LogP contribution >= 0.6 is 0 Å². The van der Waals surface area contributed by atoms with E-state index in [9.17, 15) is 16.8 Å². The average Bonchev–Trinajstić information content (AvgIpc) is 2.54. The van der Waals surface area contributed by atoms with E-state index in [2.05, 4.69) is 0 Å². The molecule has 0 saturated heterocycles. The molecule has 0 fully saturated rings. The van der Waals surface area contributed by atoms with Crippen molar-refractivity contribution in [2.75, 3.05) is 0 Å². The van der Waals surface area contributed by atoms with Crippen LogP contribution in [-0.4, -0.2) is 16.8 Å². The molecule has 0 bridgehead atoms. The van der Waals surface area contributed by atoms with E-state index in [-0.39, 0.29) is 9.79 Å². The van der Waals surface area contributed by atoms with Gasteiger partial charge in [0.25, 0.3) is 20.0 Å². The molecule has 0 aliphatic heterocycles. The Labute approximate surface area is 134 Å². The second-order valence-electron chi connectivity index (χ2n) is 4.88. The van der Waals surface area contributed by atoms with Crippen LogP contribution in [0.5, 0.6) is 0 Å². The smallest absolute Gasteiger partial charge is 0.206 e. The Hall–Kier alpha value is -2.22. The summed E-state index contributed by atoms with van der Waals surface area (Å²) in [4.78, 5) is -0.182. The molecule has 1 N–H and O–H groups in total. The molecule has 3 rings (SSSR count). The molecule has 23 heavy (non-hydrogen) atoms. The molecule has 0 radical (unpaired) electrons. The van der Waals surface area contributed by atoms with Crippen molar-refractivity contribution in [3.05, 3.63) is 72.8 Å². The van der Waals surface area contributed by atoms with E-state index in [0.29, 0.717) is 10.8 Å². The fourth-order valence-corrected chi connectivity index (χ4v) is 5.42. The van der Waals surface area contributed by atoms with Gasteiger partial charge in [-0.3, -0.25) is 0 Å². The zero-order valence-corrected chi connectivity index (χ0v) is 13.5. The Balaban J connectivity index is 2.09. The lowest BCUT2D eigenvalue weighted by Gasteiger charge is -2.10. The Morgan fingerprint density at radius 1 is 0.609 bits per heavy atom. The monoisotopic (exact) mass is 347 g/mol. The van der Waals surface area contributed by atoms with E-state index >= 15 is 0 Å². The van der Waals surface area contributed by atoms with Crippen molar-refractivity contribution < 1.29 is 16.8 Å². The number of sulfonamides is 2. The molecule has 7 heteroatoms. The molecule has 0 unspecified atom stereocenters. The number of benzene rings is 3. The van der Waals surface area contributed by atoms with Crippen molar-refractivity contribution in [2.45, 2.75) is 9.79 Å². The maximum Gasteiger partial charge on any atom is 0.254 e. The van der Waals surface area contributed by atoms with Gasteiger partial charge in [-0.15, -0.1) is 4.13 Å². The Bertz CT molecular complexity index is 1050. The van der Waals surface area contributed by atoms with Crippen molar-refractivity contribution in [3.63, 3.8) is 0 Å². The van der Waals surface area contributed by atoms with E-state index in [1.807, 2.05) is 0 Å². The quantitative estimate of drug-likeness (QED) is 0.786. The van der Waals surface area contributed by atoms with Crippen molar-refractivity contribution in [1.82, 2.24) is 4.13 Å². The molecule has 0 aliphatic rings. The lowest BCUT2D eigenvalue weighted by Crippen LogP contribution is -2.30. The highest BCUT2D eigenvalue weighted by atomic mass is 32.3. The number of nitrogens with one attached hydrogen (secondary N) is 1. The Morgan fingerprint density at radius 2 is 1.22 bits per heavy atom. The first kappa shape index (κ1) is 15.7. The van der Waals surface area contributed by atoms with Gasteiger partial charge in [-0.1, -0.05) is 54.6 Å². The van der Waals surface area contributed by atoms with Crippen LogP contribution < -0.4 is 4.13 Å². The molecule has 0 spiro atoms. The normalized spacial score (nSPS) is 12.3. The van der Waals surface area contributed by atoms with Gasteiger partial charge in [-0.05, 0) is 23.6 Å². The van der Waals surface area contributed by atoms with Gasteiger partial charge >= 0.3 is 0 Å². The summed E-state index contributed by atoms with van der Waals surface area (Å²) in [6, 6.07) is 19.0. The van der Waals surface area contributed by atoms with Gasteiger partial charge in [0.15, 0.2) is 0 Å².